The van der Waals surface area contributed by atoms with Crippen LogP contribution in [0.25, 0.3) is 10.9 Å². The van der Waals surface area contributed by atoms with Crippen LogP contribution in [0, 0.1) is 0 Å². The van der Waals surface area contributed by atoms with Gasteiger partial charge in [-0.1, -0.05) is 66.2 Å². The number of nitrogens with zero attached hydrogens (tertiary/aromatic N) is 6. The Labute approximate surface area is 260 Å². The highest BCUT2D eigenvalue weighted by atomic mass is 35.5. The number of hydrogen-bond acceptors (Lipinski definition) is 6. The van der Waals surface area contributed by atoms with Gasteiger partial charge in [-0.25, -0.2) is 9.97 Å². The van der Waals surface area contributed by atoms with E-state index in [0.717, 1.165) is 91.8 Å². The highest BCUT2D eigenvalue weighted by molar-refractivity contribution is 6.31. The molecule has 2 aliphatic heterocycles. The number of anilines is 1. The maximum absolute atomic E-state index is 6.26. The number of piperidine rings is 1. The molecule has 0 N–H and O–H groups in total. The molecule has 42 heavy (non-hydrogen) atoms. The number of para-hydroxylation sites is 1. The van der Waals surface area contributed by atoms with E-state index >= 15 is 0 Å². The Bertz CT molecular complexity index is 1420. The van der Waals surface area contributed by atoms with Gasteiger partial charge in [0, 0.05) is 60.8 Å². The quantitative estimate of drug-likeness (QED) is 0.247. The first-order valence-electron chi connectivity index (χ1n) is 14.9. The number of halogens is 2. The molecule has 3 aromatic rings. The maximum atomic E-state index is 6.26. The molecular weight excluding hydrogens is 563 g/mol. The van der Waals surface area contributed by atoms with Gasteiger partial charge in [-0.3, -0.25) is 9.80 Å². The van der Waals surface area contributed by atoms with Crippen molar-refractivity contribution in [2.45, 2.75) is 38.4 Å². The Morgan fingerprint density at radius 1 is 0.976 bits per heavy atom. The van der Waals surface area contributed by atoms with E-state index in [4.69, 9.17) is 33.2 Å². The number of fused-ring (bicyclic) bond motifs is 1. The molecule has 2 fully saturated rings. The third-order valence-corrected chi connectivity index (χ3v) is 9.13. The molecule has 0 bridgehead atoms. The lowest BCUT2D eigenvalue weighted by Gasteiger charge is -2.40. The van der Waals surface area contributed by atoms with E-state index in [1.807, 2.05) is 37.3 Å². The largest absolute Gasteiger partial charge is 0.356 e. The van der Waals surface area contributed by atoms with E-state index in [1.54, 1.807) is 0 Å². The van der Waals surface area contributed by atoms with Crippen LogP contribution in [-0.2, 0) is 6.54 Å². The normalized spacial score (nSPS) is 18.8. The monoisotopic (exact) mass is 604 g/mol. The third-order valence-electron chi connectivity index (χ3n) is 8.53. The lowest BCUT2D eigenvalue weighted by atomic mass is 9.96. The SMILES string of the molecule is C=C(/C=C\C(Cl)=C/C)C(c1ccc(Cl)cc1)N1CCN(Cc2nc(N3CCC(N(C)C)CC3)c3ccccc3n2)CC1. The van der Waals surface area contributed by atoms with Crippen LogP contribution in [0.15, 0.2) is 83.9 Å². The summed E-state index contributed by atoms with van der Waals surface area (Å²) in [5.41, 5.74) is 3.21. The minimum absolute atomic E-state index is 0.0515. The lowest BCUT2D eigenvalue weighted by molar-refractivity contribution is 0.103. The fraction of sp³-hybridized carbons (Fsp3) is 0.412. The van der Waals surface area contributed by atoms with Crippen molar-refractivity contribution in [1.82, 2.24) is 24.7 Å². The predicted molar refractivity (Wildman–Crippen MR) is 177 cm³/mol. The Kier molecular flexibility index (Phi) is 10.3. The van der Waals surface area contributed by atoms with Gasteiger partial charge in [0.15, 0.2) is 0 Å². The van der Waals surface area contributed by atoms with Gasteiger partial charge in [-0.2, -0.15) is 0 Å². The van der Waals surface area contributed by atoms with Crippen LogP contribution >= 0.6 is 23.2 Å². The molecule has 5 rings (SSSR count). The number of hydrogen-bond donors (Lipinski definition) is 0. The van der Waals surface area contributed by atoms with Gasteiger partial charge in [0.1, 0.15) is 11.6 Å². The van der Waals surface area contributed by atoms with Gasteiger partial charge in [-0.15, -0.1) is 0 Å². The molecule has 8 heteroatoms. The van der Waals surface area contributed by atoms with Gasteiger partial charge in [0.25, 0.3) is 0 Å². The summed E-state index contributed by atoms with van der Waals surface area (Å²) in [6, 6.07) is 17.2. The minimum atomic E-state index is 0.0515. The molecule has 1 atom stereocenters. The van der Waals surface area contributed by atoms with E-state index in [2.05, 4.69) is 76.7 Å². The number of rotatable bonds is 9. The number of piperazine rings is 1. The van der Waals surface area contributed by atoms with Crippen LogP contribution in [-0.4, -0.2) is 84.1 Å². The summed E-state index contributed by atoms with van der Waals surface area (Å²) in [5, 5.41) is 2.58. The standard InChI is InChI=1S/C34H42Cl2N6/c1-5-27(35)13-10-25(2)33(26-11-14-28(36)15-12-26)41-22-20-40(21-23-41)24-32-37-31-9-7-6-8-30(31)34(38-32)42-18-16-29(17-19-42)39(3)4/h5-15,29,33H,2,16-24H2,1,3-4H3/b13-10-,27-5+. The van der Waals surface area contributed by atoms with Crippen molar-refractivity contribution in [3.8, 4) is 0 Å². The Morgan fingerprint density at radius 2 is 1.67 bits per heavy atom. The molecule has 2 aromatic carbocycles. The summed E-state index contributed by atoms with van der Waals surface area (Å²) in [7, 11) is 4.36. The molecular formula is C34H42Cl2N6. The molecule has 1 unspecified atom stereocenters. The number of benzene rings is 2. The minimum Gasteiger partial charge on any atom is -0.356 e. The fourth-order valence-corrected chi connectivity index (χ4v) is 6.26. The zero-order chi connectivity index (χ0) is 29.6. The molecule has 3 heterocycles. The predicted octanol–water partition coefficient (Wildman–Crippen LogP) is 6.93. The average Bonchev–Trinajstić information content (AvgIpc) is 3.01. The van der Waals surface area contributed by atoms with Crippen LogP contribution < -0.4 is 4.90 Å². The fourth-order valence-electron chi connectivity index (χ4n) is 6.07. The Morgan fingerprint density at radius 3 is 2.33 bits per heavy atom. The highest BCUT2D eigenvalue weighted by Crippen LogP contribution is 2.32. The van der Waals surface area contributed by atoms with Crippen molar-refractivity contribution in [2.75, 3.05) is 58.3 Å². The first-order valence-corrected chi connectivity index (χ1v) is 15.7. The summed E-state index contributed by atoms with van der Waals surface area (Å²) in [4.78, 5) is 19.9. The summed E-state index contributed by atoms with van der Waals surface area (Å²) in [5.74, 6) is 1.98. The third kappa shape index (κ3) is 7.42. The molecule has 0 amide bonds. The average molecular weight is 606 g/mol. The van der Waals surface area contributed by atoms with Gasteiger partial charge in [0.05, 0.1) is 18.1 Å². The Hall–Kier alpha value is -2.74. The van der Waals surface area contributed by atoms with Crippen molar-refractivity contribution >= 4 is 39.9 Å². The smallest absolute Gasteiger partial charge is 0.145 e. The zero-order valence-corrected chi connectivity index (χ0v) is 26.5. The first kappa shape index (κ1) is 30.7. The van der Waals surface area contributed by atoms with Gasteiger partial charge in [-0.05, 0) is 75.3 Å². The van der Waals surface area contributed by atoms with Gasteiger partial charge < -0.3 is 9.80 Å². The van der Waals surface area contributed by atoms with E-state index in [9.17, 15) is 0 Å². The van der Waals surface area contributed by atoms with Crippen LogP contribution in [0.1, 0.15) is 37.2 Å². The number of allylic oxidation sites excluding steroid dienone is 3. The van der Waals surface area contributed by atoms with E-state index in [0.29, 0.717) is 11.1 Å². The lowest BCUT2D eigenvalue weighted by Crippen LogP contribution is -2.47. The molecule has 222 valence electrons. The van der Waals surface area contributed by atoms with Crippen molar-refractivity contribution in [2.24, 2.45) is 0 Å². The molecule has 1 aromatic heterocycles. The Balaban J connectivity index is 1.30. The second-order valence-corrected chi connectivity index (χ2v) is 12.4. The van der Waals surface area contributed by atoms with Gasteiger partial charge >= 0.3 is 0 Å². The van der Waals surface area contributed by atoms with Crippen LogP contribution in [0.2, 0.25) is 5.02 Å². The van der Waals surface area contributed by atoms with Crippen molar-refractivity contribution in [3.05, 3.63) is 100 Å². The summed E-state index contributed by atoms with van der Waals surface area (Å²) < 4.78 is 0. The van der Waals surface area contributed by atoms with E-state index < -0.39 is 0 Å². The van der Waals surface area contributed by atoms with E-state index in [1.165, 1.54) is 5.56 Å². The van der Waals surface area contributed by atoms with E-state index in [-0.39, 0.29) is 6.04 Å². The number of aromatic nitrogens is 2. The molecule has 6 nitrogen and oxygen atoms in total. The summed E-state index contributed by atoms with van der Waals surface area (Å²) in [6.45, 7) is 12.8. The topological polar surface area (TPSA) is 38.7 Å². The van der Waals surface area contributed by atoms with Crippen molar-refractivity contribution < 1.29 is 0 Å². The first-order chi connectivity index (χ1) is 20.3. The van der Waals surface area contributed by atoms with Crippen molar-refractivity contribution in [1.29, 1.82) is 0 Å². The van der Waals surface area contributed by atoms with Crippen molar-refractivity contribution in [3.63, 3.8) is 0 Å². The molecule has 0 aliphatic carbocycles. The summed E-state index contributed by atoms with van der Waals surface area (Å²) in [6.07, 6.45) is 8.13. The van der Waals surface area contributed by atoms with Crippen LogP contribution in [0.4, 0.5) is 5.82 Å². The zero-order valence-electron chi connectivity index (χ0n) is 25.0. The van der Waals surface area contributed by atoms with Gasteiger partial charge in [0.2, 0.25) is 0 Å². The highest BCUT2D eigenvalue weighted by Gasteiger charge is 2.28. The maximum Gasteiger partial charge on any atom is 0.145 e. The molecule has 0 spiro atoms. The second-order valence-electron chi connectivity index (χ2n) is 11.5. The molecule has 0 radical (unpaired) electrons. The second kappa shape index (κ2) is 14.2. The van der Waals surface area contributed by atoms with Crippen LogP contribution in [0.3, 0.4) is 0 Å². The molecule has 2 aliphatic rings. The summed E-state index contributed by atoms with van der Waals surface area (Å²) >= 11 is 12.5. The molecule has 0 saturated carbocycles. The van der Waals surface area contributed by atoms with Crippen LogP contribution in [0.5, 0.6) is 0 Å². The molecule has 2 saturated heterocycles.